The summed E-state index contributed by atoms with van der Waals surface area (Å²) < 4.78 is 18.8. The second kappa shape index (κ2) is 10.3. The van der Waals surface area contributed by atoms with Gasteiger partial charge in [0, 0.05) is 18.2 Å². The number of halogens is 1. The Kier molecular flexibility index (Phi) is 7.04. The molecule has 1 aromatic heterocycles. The van der Waals surface area contributed by atoms with Crippen LogP contribution in [0.2, 0.25) is 0 Å². The van der Waals surface area contributed by atoms with Crippen molar-refractivity contribution in [2.24, 2.45) is 0 Å². The fraction of sp³-hybridized carbons (Fsp3) is 0.375. The number of hydrogen-bond acceptors (Lipinski definition) is 5. The number of hydrogen-bond donors (Lipinski definition) is 1. The summed E-state index contributed by atoms with van der Waals surface area (Å²) in [5.41, 5.74) is 1.65. The summed E-state index contributed by atoms with van der Waals surface area (Å²) in [6.07, 6.45) is 5.97. The Bertz CT molecular complexity index is 969. The van der Waals surface area contributed by atoms with Crippen LogP contribution in [0.4, 0.5) is 4.39 Å². The number of carbonyl (C=O) groups excluding carboxylic acids is 1. The zero-order valence-corrected chi connectivity index (χ0v) is 17.5. The lowest BCUT2D eigenvalue weighted by molar-refractivity contribution is 0.0949. The Morgan fingerprint density at radius 3 is 2.52 bits per heavy atom. The van der Waals surface area contributed by atoms with Crippen LogP contribution in [0.1, 0.15) is 59.7 Å². The van der Waals surface area contributed by atoms with Crippen LogP contribution in [-0.4, -0.2) is 27.0 Å². The predicted octanol–water partition coefficient (Wildman–Crippen LogP) is 4.47. The first-order chi connectivity index (χ1) is 15.2. The Balaban J connectivity index is 1.39. The quantitative estimate of drug-likeness (QED) is 0.580. The molecule has 0 radical (unpaired) electrons. The van der Waals surface area contributed by atoms with E-state index in [0.29, 0.717) is 36.4 Å². The normalized spacial score (nSPS) is 14.6. The monoisotopic (exact) mass is 422 g/mol. The van der Waals surface area contributed by atoms with Crippen molar-refractivity contribution < 1.29 is 13.7 Å². The van der Waals surface area contributed by atoms with Gasteiger partial charge in [0.25, 0.3) is 5.91 Å². The van der Waals surface area contributed by atoms with Gasteiger partial charge in [-0.2, -0.15) is 4.98 Å². The Hall–Kier alpha value is -3.06. The molecule has 7 heteroatoms. The number of aromatic nitrogens is 2. The average Bonchev–Trinajstić information content (AvgIpc) is 3.27. The molecule has 0 unspecified atom stereocenters. The predicted molar refractivity (Wildman–Crippen MR) is 114 cm³/mol. The molecule has 1 amide bonds. The summed E-state index contributed by atoms with van der Waals surface area (Å²) in [4.78, 5) is 19.0. The standard InChI is InChI=1S/C24H27FN4O2/c25-20-13-11-18(12-14-20)16-29(21-9-5-2-6-10-21)17-23-27-22(28-31-23)15-26-24(30)19-7-3-1-4-8-19/h1,3-4,7-8,11-14,21H,2,5-6,9-10,15-17H2,(H,26,30). The van der Waals surface area contributed by atoms with Crippen molar-refractivity contribution in [2.75, 3.05) is 0 Å². The van der Waals surface area contributed by atoms with Gasteiger partial charge in [-0.25, -0.2) is 4.39 Å². The van der Waals surface area contributed by atoms with Gasteiger partial charge in [0.2, 0.25) is 5.89 Å². The van der Waals surface area contributed by atoms with Gasteiger partial charge in [-0.05, 0) is 42.7 Å². The van der Waals surface area contributed by atoms with Gasteiger partial charge in [-0.15, -0.1) is 0 Å². The molecule has 1 aliphatic carbocycles. The maximum atomic E-state index is 13.3. The lowest BCUT2D eigenvalue weighted by Crippen LogP contribution is -2.36. The molecular weight excluding hydrogens is 395 g/mol. The molecule has 0 saturated heterocycles. The number of benzene rings is 2. The highest BCUT2D eigenvalue weighted by atomic mass is 19.1. The topological polar surface area (TPSA) is 71.3 Å². The van der Waals surface area contributed by atoms with Gasteiger partial charge < -0.3 is 9.84 Å². The van der Waals surface area contributed by atoms with Gasteiger partial charge in [0.15, 0.2) is 5.82 Å². The highest BCUT2D eigenvalue weighted by Crippen LogP contribution is 2.25. The molecule has 1 heterocycles. The first-order valence-corrected chi connectivity index (χ1v) is 10.8. The number of nitrogens with one attached hydrogen (secondary N) is 1. The van der Waals surface area contributed by atoms with E-state index in [0.717, 1.165) is 18.4 Å². The lowest BCUT2D eigenvalue weighted by atomic mass is 9.94. The van der Waals surface area contributed by atoms with Gasteiger partial charge in [0.05, 0.1) is 13.1 Å². The lowest BCUT2D eigenvalue weighted by Gasteiger charge is -2.33. The summed E-state index contributed by atoms with van der Waals surface area (Å²) in [6, 6.07) is 16.1. The molecule has 162 valence electrons. The van der Waals surface area contributed by atoms with Crippen LogP contribution in [0.3, 0.4) is 0 Å². The van der Waals surface area contributed by atoms with E-state index >= 15 is 0 Å². The third kappa shape index (κ3) is 5.98. The molecule has 31 heavy (non-hydrogen) atoms. The van der Waals surface area contributed by atoms with Crippen molar-refractivity contribution >= 4 is 5.91 Å². The Morgan fingerprint density at radius 2 is 1.77 bits per heavy atom. The molecule has 0 spiro atoms. The number of carbonyl (C=O) groups is 1. The zero-order chi connectivity index (χ0) is 21.5. The molecular formula is C24H27FN4O2. The van der Waals surface area contributed by atoms with E-state index < -0.39 is 0 Å². The van der Waals surface area contributed by atoms with E-state index in [-0.39, 0.29) is 18.3 Å². The van der Waals surface area contributed by atoms with E-state index in [1.807, 2.05) is 30.3 Å². The van der Waals surface area contributed by atoms with E-state index in [2.05, 4.69) is 20.4 Å². The van der Waals surface area contributed by atoms with Crippen LogP contribution in [-0.2, 0) is 19.6 Å². The van der Waals surface area contributed by atoms with Crippen LogP contribution in [0.5, 0.6) is 0 Å². The van der Waals surface area contributed by atoms with Crippen LogP contribution in [0, 0.1) is 5.82 Å². The maximum absolute atomic E-state index is 13.3. The molecule has 1 N–H and O–H groups in total. The Morgan fingerprint density at radius 1 is 1.03 bits per heavy atom. The fourth-order valence-corrected chi connectivity index (χ4v) is 4.04. The maximum Gasteiger partial charge on any atom is 0.251 e. The average molecular weight is 423 g/mol. The molecule has 6 nitrogen and oxygen atoms in total. The molecule has 1 aliphatic rings. The van der Waals surface area contributed by atoms with E-state index in [1.54, 1.807) is 12.1 Å². The Labute approximate surface area is 181 Å². The summed E-state index contributed by atoms with van der Waals surface area (Å²) in [5, 5.41) is 6.84. The van der Waals surface area contributed by atoms with Crippen LogP contribution >= 0.6 is 0 Å². The van der Waals surface area contributed by atoms with E-state index in [9.17, 15) is 9.18 Å². The highest BCUT2D eigenvalue weighted by molar-refractivity contribution is 5.93. The summed E-state index contributed by atoms with van der Waals surface area (Å²) in [6.45, 7) is 1.44. The minimum Gasteiger partial charge on any atom is -0.345 e. The van der Waals surface area contributed by atoms with E-state index in [1.165, 1.54) is 31.4 Å². The number of nitrogens with zero attached hydrogens (tertiary/aromatic N) is 3. The second-order valence-electron chi connectivity index (χ2n) is 7.98. The van der Waals surface area contributed by atoms with Gasteiger partial charge in [-0.1, -0.05) is 54.8 Å². The van der Waals surface area contributed by atoms with Crippen molar-refractivity contribution in [3.05, 3.63) is 83.3 Å². The van der Waals surface area contributed by atoms with Crippen molar-refractivity contribution in [3.8, 4) is 0 Å². The summed E-state index contributed by atoms with van der Waals surface area (Å²) >= 11 is 0. The molecule has 3 aromatic rings. The zero-order valence-electron chi connectivity index (χ0n) is 17.5. The second-order valence-corrected chi connectivity index (χ2v) is 7.98. The van der Waals surface area contributed by atoms with Gasteiger partial charge in [-0.3, -0.25) is 9.69 Å². The highest BCUT2D eigenvalue weighted by Gasteiger charge is 2.23. The van der Waals surface area contributed by atoms with Crippen LogP contribution < -0.4 is 5.32 Å². The molecule has 0 atom stereocenters. The minimum absolute atomic E-state index is 0.174. The van der Waals surface area contributed by atoms with E-state index in [4.69, 9.17) is 4.52 Å². The third-order valence-corrected chi connectivity index (χ3v) is 5.68. The fourth-order valence-electron chi connectivity index (χ4n) is 4.04. The third-order valence-electron chi connectivity index (χ3n) is 5.68. The minimum atomic E-state index is -0.230. The van der Waals surface area contributed by atoms with Crippen LogP contribution in [0.25, 0.3) is 0 Å². The SMILES string of the molecule is O=C(NCc1noc(CN(Cc2ccc(F)cc2)C2CCCCC2)n1)c1ccccc1. The van der Waals surface area contributed by atoms with Crippen molar-refractivity contribution in [1.29, 1.82) is 0 Å². The molecule has 2 aromatic carbocycles. The number of rotatable bonds is 8. The smallest absolute Gasteiger partial charge is 0.251 e. The summed E-state index contributed by atoms with van der Waals surface area (Å²) in [5.74, 6) is 0.570. The van der Waals surface area contributed by atoms with Gasteiger partial charge >= 0.3 is 0 Å². The van der Waals surface area contributed by atoms with Crippen molar-refractivity contribution in [1.82, 2.24) is 20.4 Å². The molecule has 0 bridgehead atoms. The van der Waals surface area contributed by atoms with Crippen LogP contribution in [0.15, 0.2) is 59.1 Å². The summed E-state index contributed by atoms with van der Waals surface area (Å²) in [7, 11) is 0. The molecule has 0 aliphatic heterocycles. The van der Waals surface area contributed by atoms with Gasteiger partial charge in [0.1, 0.15) is 5.82 Å². The first-order valence-electron chi connectivity index (χ1n) is 10.8. The van der Waals surface area contributed by atoms with Crippen molar-refractivity contribution in [3.63, 3.8) is 0 Å². The molecule has 4 rings (SSSR count). The largest absolute Gasteiger partial charge is 0.345 e. The molecule has 1 saturated carbocycles. The van der Waals surface area contributed by atoms with Crippen molar-refractivity contribution in [2.45, 2.75) is 57.8 Å². The first kappa shape index (κ1) is 21.2. The molecule has 1 fully saturated rings. The number of amides is 1.